The molecule has 3 heterocycles. The van der Waals surface area contributed by atoms with Crippen molar-refractivity contribution in [3.05, 3.63) is 60.3 Å². The first-order valence-electron chi connectivity index (χ1n) is 13.0. The Morgan fingerprint density at radius 2 is 2.03 bits per heavy atom. The van der Waals surface area contributed by atoms with Gasteiger partial charge in [-0.1, -0.05) is 37.5 Å². The highest BCUT2D eigenvalue weighted by Gasteiger charge is 2.28. The molecule has 0 saturated heterocycles. The Kier molecular flexibility index (Phi) is 7.62. The predicted octanol–water partition coefficient (Wildman–Crippen LogP) is 4.28. The van der Waals surface area contributed by atoms with Crippen LogP contribution in [0.5, 0.6) is 11.6 Å². The van der Waals surface area contributed by atoms with Gasteiger partial charge in [0.05, 0.1) is 18.4 Å². The van der Waals surface area contributed by atoms with Crippen LogP contribution in [0.3, 0.4) is 0 Å². The third-order valence-electron chi connectivity index (χ3n) is 7.21. The molecular formula is C27H34N8O2. The fourth-order valence-corrected chi connectivity index (χ4v) is 5.11. The summed E-state index contributed by atoms with van der Waals surface area (Å²) in [5, 5.41) is 6.85. The zero-order valence-corrected chi connectivity index (χ0v) is 21.2. The van der Waals surface area contributed by atoms with Gasteiger partial charge in [-0.05, 0) is 38.3 Å². The molecule has 5 rings (SSSR count). The van der Waals surface area contributed by atoms with E-state index >= 15 is 0 Å². The van der Waals surface area contributed by atoms with Crippen LogP contribution in [0.1, 0.15) is 63.3 Å². The Bertz CT molecular complexity index is 1210. The SMILES string of the molecule is C[C@H](CCC(=O)N(Cc1ncn[nH]1)C1CCCCC1)N1Cc2cc(Oc3ccccc3)ncc2N=C1N. The molecule has 10 nitrogen and oxygen atoms in total. The van der Waals surface area contributed by atoms with E-state index in [4.69, 9.17) is 10.5 Å². The van der Waals surface area contributed by atoms with Crippen molar-refractivity contribution in [2.45, 2.75) is 77.0 Å². The summed E-state index contributed by atoms with van der Waals surface area (Å²) >= 11 is 0. The lowest BCUT2D eigenvalue weighted by molar-refractivity contribution is -0.135. The largest absolute Gasteiger partial charge is 0.439 e. The van der Waals surface area contributed by atoms with Crippen molar-refractivity contribution < 1.29 is 9.53 Å². The smallest absolute Gasteiger partial charge is 0.223 e. The molecular weight excluding hydrogens is 468 g/mol. The number of rotatable bonds is 9. The number of nitrogens with two attached hydrogens (primary N) is 1. The Labute approximate surface area is 217 Å². The number of hydrogen-bond donors (Lipinski definition) is 2. The summed E-state index contributed by atoms with van der Waals surface area (Å²) in [5.41, 5.74) is 8.06. The first-order valence-corrected chi connectivity index (χ1v) is 13.0. The normalized spacial score (nSPS) is 16.6. The third kappa shape index (κ3) is 6.07. The number of aromatic amines is 1. The minimum Gasteiger partial charge on any atom is -0.439 e. The number of benzene rings is 1. The van der Waals surface area contributed by atoms with Gasteiger partial charge in [0, 0.05) is 36.7 Å². The van der Waals surface area contributed by atoms with Crippen molar-refractivity contribution in [2.24, 2.45) is 10.7 Å². The molecule has 2 aliphatic rings. The molecule has 0 unspecified atom stereocenters. The van der Waals surface area contributed by atoms with Crippen molar-refractivity contribution in [3.63, 3.8) is 0 Å². The summed E-state index contributed by atoms with van der Waals surface area (Å²) < 4.78 is 5.90. The van der Waals surface area contributed by atoms with Crippen LogP contribution in [-0.2, 0) is 17.9 Å². The van der Waals surface area contributed by atoms with E-state index in [-0.39, 0.29) is 18.0 Å². The lowest BCUT2D eigenvalue weighted by Gasteiger charge is -2.36. The van der Waals surface area contributed by atoms with Crippen LogP contribution in [0.4, 0.5) is 5.69 Å². The standard InChI is InChI=1S/C27H34N8O2/c1-19(12-13-26(36)35(17-24-30-18-31-33-24)21-8-4-2-5-9-21)34-16-20-14-25(29-15-23(20)32-27(34)28)37-22-10-6-3-7-11-22/h3,6-7,10-11,14-15,18-19,21H,2,4-5,8-9,12-13,16-17H2,1H3,(H2,28,32)(H,30,31,33)/t19-/m1/s1. The van der Waals surface area contributed by atoms with Gasteiger partial charge in [-0.25, -0.2) is 15.0 Å². The summed E-state index contributed by atoms with van der Waals surface area (Å²) in [5.74, 6) is 2.55. The summed E-state index contributed by atoms with van der Waals surface area (Å²) in [6.07, 6.45) is 9.92. The van der Waals surface area contributed by atoms with Gasteiger partial charge in [-0.15, -0.1) is 0 Å². The molecule has 0 bridgehead atoms. The highest BCUT2D eigenvalue weighted by Crippen LogP contribution is 2.31. The fourth-order valence-electron chi connectivity index (χ4n) is 5.11. The number of carbonyl (C=O) groups excluding carboxylic acids is 1. The van der Waals surface area contributed by atoms with Crippen molar-refractivity contribution in [1.29, 1.82) is 0 Å². The number of hydrogen-bond acceptors (Lipinski definition) is 8. The van der Waals surface area contributed by atoms with Crippen LogP contribution in [0.25, 0.3) is 0 Å². The Hall–Kier alpha value is -3.95. The van der Waals surface area contributed by atoms with Crippen LogP contribution in [0.2, 0.25) is 0 Å². The van der Waals surface area contributed by atoms with Gasteiger partial charge in [0.2, 0.25) is 11.8 Å². The molecule has 0 radical (unpaired) electrons. The molecule has 10 heteroatoms. The van der Waals surface area contributed by atoms with E-state index in [1.807, 2.05) is 46.2 Å². The van der Waals surface area contributed by atoms with Crippen molar-refractivity contribution in [2.75, 3.05) is 0 Å². The van der Waals surface area contributed by atoms with Gasteiger partial charge >= 0.3 is 0 Å². The molecule has 3 aromatic rings. The predicted molar refractivity (Wildman–Crippen MR) is 140 cm³/mol. The third-order valence-corrected chi connectivity index (χ3v) is 7.21. The van der Waals surface area contributed by atoms with Gasteiger partial charge in [-0.3, -0.25) is 9.89 Å². The molecule has 1 saturated carbocycles. The van der Waals surface area contributed by atoms with E-state index in [9.17, 15) is 4.79 Å². The van der Waals surface area contributed by atoms with Gasteiger partial charge in [0.25, 0.3) is 0 Å². The topological polar surface area (TPSA) is 126 Å². The van der Waals surface area contributed by atoms with Crippen molar-refractivity contribution >= 4 is 17.6 Å². The fraction of sp³-hybridized carbons (Fsp3) is 0.444. The second kappa shape index (κ2) is 11.4. The molecule has 1 fully saturated rings. The maximum Gasteiger partial charge on any atom is 0.223 e. The van der Waals surface area contributed by atoms with E-state index in [2.05, 4.69) is 32.1 Å². The first kappa shape index (κ1) is 24.7. The number of amides is 1. The number of carbonyl (C=O) groups is 1. The van der Waals surface area contributed by atoms with Crippen LogP contribution in [0.15, 0.2) is 53.9 Å². The number of nitrogens with zero attached hydrogens (tertiary/aromatic N) is 6. The maximum absolute atomic E-state index is 13.4. The van der Waals surface area contributed by atoms with E-state index in [0.29, 0.717) is 37.8 Å². The molecule has 3 N–H and O–H groups in total. The van der Waals surface area contributed by atoms with E-state index < -0.39 is 0 Å². The lowest BCUT2D eigenvalue weighted by atomic mass is 9.93. The number of pyridine rings is 1. The highest BCUT2D eigenvalue weighted by atomic mass is 16.5. The van der Waals surface area contributed by atoms with Crippen LogP contribution in [0, 0.1) is 0 Å². The Morgan fingerprint density at radius 1 is 1.22 bits per heavy atom. The minimum absolute atomic E-state index is 0.0333. The minimum atomic E-state index is 0.0333. The number of guanidine groups is 1. The lowest BCUT2D eigenvalue weighted by Crippen LogP contribution is -2.45. The number of nitrogens with one attached hydrogen (secondary N) is 1. The molecule has 1 aliphatic heterocycles. The first-order chi connectivity index (χ1) is 18.1. The van der Waals surface area contributed by atoms with Crippen LogP contribution in [-0.4, -0.2) is 53.9 Å². The average Bonchev–Trinajstić information content (AvgIpc) is 3.44. The second-order valence-electron chi connectivity index (χ2n) is 9.80. The van der Waals surface area contributed by atoms with Gasteiger partial charge < -0.3 is 20.3 Å². The summed E-state index contributed by atoms with van der Waals surface area (Å²) in [6.45, 7) is 3.14. The van der Waals surface area contributed by atoms with Gasteiger partial charge in [-0.2, -0.15) is 5.10 Å². The molecule has 1 atom stereocenters. The molecule has 2 aromatic heterocycles. The zero-order valence-electron chi connectivity index (χ0n) is 21.2. The molecule has 1 aliphatic carbocycles. The summed E-state index contributed by atoms with van der Waals surface area (Å²) in [4.78, 5) is 30.7. The second-order valence-corrected chi connectivity index (χ2v) is 9.80. The average molecular weight is 503 g/mol. The van der Waals surface area contributed by atoms with Gasteiger partial charge in [0.15, 0.2) is 5.96 Å². The summed E-state index contributed by atoms with van der Waals surface area (Å²) in [7, 11) is 0. The molecule has 37 heavy (non-hydrogen) atoms. The molecule has 0 spiro atoms. The Morgan fingerprint density at radius 3 is 2.78 bits per heavy atom. The highest BCUT2D eigenvalue weighted by molar-refractivity contribution is 5.84. The van der Waals surface area contributed by atoms with Crippen LogP contribution >= 0.6 is 0 Å². The van der Waals surface area contributed by atoms with Crippen molar-refractivity contribution in [3.8, 4) is 11.6 Å². The number of aromatic nitrogens is 4. The maximum atomic E-state index is 13.4. The number of para-hydroxylation sites is 1. The van der Waals surface area contributed by atoms with E-state index in [1.54, 1.807) is 6.20 Å². The number of fused-ring (bicyclic) bond motifs is 1. The molecule has 194 valence electrons. The van der Waals surface area contributed by atoms with E-state index in [1.165, 1.54) is 12.7 Å². The van der Waals surface area contributed by atoms with Crippen molar-refractivity contribution in [1.82, 2.24) is 30.0 Å². The molecule has 1 aromatic carbocycles. The zero-order chi connectivity index (χ0) is 25.6. The summed E-state index contributed by atoms with van der Waals surface area (Å²) in [6, 6.07) is 11.8. The monoisotopic (exact) mass is 502 g/mol. The van der Waals surface area contributed by atoms with E-state index in [0.717, 1.165) is 48.5 Å². The molecule has 1 amide bonds. The Balaban J connectivity index is 1.22. The quantitative estimate of drug-likeness (QED) is 0.447. The van der Waals surface area contributed by atoms with Crippen LogP contribution < -0.4 is 10.5 Å². The number of ether oxygens (including phenoxy) is 1. The van der Waals surface area contributed by atoms with Gasteiger partial charge in [0.1, 0.15) is 17.9 Å². The number of H-pyrrole nitrogens is 1. The number of aliphatic imine (C=N–C) groups is 1.